The number of rotatable bonds is 0. The predicted octanol–water partition coefficient (Wildman–Crippen LogP) is 2.18. The summed E-state index contributed by atoms with van der Waals surface area (Å²) in [7, 11) is 0. The number of benzene rings is 1. The first-order valence-electron chi connectivity index (χ1n) is 3.55. The molecule has 0 heterocycles. The summed E-state index contributed by atoms with van der Waals surface area (Å²) in [5.74, 6) is 0. The first kappa shape index (κ1) is 9.70. The van der Waals surface area contributed by atoms with Crippen LogP contribution >= 0.6 is 0 Å². The van der Waals surface area contributed by atoms with Crippen molar-refractivity contribution in [1.29, 1.82) is 0 Å². The van der Waals surface area contributed by atoms with Crippen molar-refractivity contribution in [3.63, 3.8) is 0 Å². The van der Waals surface area contributed by atoms with Gasteiger partial charge in [-0.2, -0.15) is 13.2 Å². The summed E-state index contributed by atoms with van der Waals surface area (Å²) < 4.78 is 36.8. The van der Waals surface area contributed by atoms with Gasteiger partial charge in [0.1, 0.15) is 0 Å². The van der Waals surface area contributed by atoms with Crippen LogP contribution < -0.4 is 11.5 Å². The molecule has 72 valence electrons. The number of nitrogens with two attached hydrogens (primary N) is 2. The van der Waals surface area contributed by atoms with Gasteiger partial charge in [0.15, 0.2) is 0 Å². The minimum atomic E-state index is -4.37. The molecule has 5 heteroatoms. The Morgan fingerprint density at radius 3 is 2.15 bits per heavy atom. The van der Waals surface area contributed by atoms with Gasteiger partial charge < -0.3 is 11.5 Å². The first-order chi connectivity index (χ1) is 5.84. The Hall–Kier alpha value is -1.39. The van der Waals surface area contributed by atoms with Crippen molar-refractivity contribution in [2.24, 2.45) is 0 Å². The molecule has 0 aliphatic heterocycles. The Kier molecular flexibility index (Phi) is 2.11. The standard InChI is InChI=1S/C8H9F3N2/c1-4-5(8(9,10)11)2-3-6(12)7(4)13/h2-3H,12-13H2,1H3. The quantitative estimate of drug-likeness (QED) is 0.616. The Morgan fingerprint density at radius 1 is 1.15 bits per heavy atom. The highest BCUT2D eigenvalue weighted by Crippen LogP contribution is 2.35. The molecule has 4 N–H and O–H groups in total. The number of hydrogen-bond donors (Lipinski definition) is 2. The Labute approximate surface area is 73.3 Å². The lowest BCUT2D eigenvalue weighted by atomic mass is 10.1. The third kappa shape index (κ3) is 1.68. The molecule has 0 unspecified atom stereocenters. The van der Waals surface area contributed by atoms with Gasteiger partial charge >= 0.3 is 6.18 Å². The summed E-state index contributed by atoms with van der Waals surface area (Å²) in [6.45, 7) is 1.30. The maximum atomic E-state index is 12.3. The molecule has 13 heavy (non-hydrogen) atoms. The van der Waals surface area contributed by atoms with Gasteiger partial charge in [-0.3, -0.25) is 0 Å². The molecule has 0 saturated carbocycles. The van der Waals surface area contributed by atoms with E-state index in [0.29, 0.717) is 0 Å². The van der Waals surface area contributed by atoms with Crippen molar-refractivity contribution in [2.45, 2.75) is 13.1 Å². The van der Waals surface area contributed by atoms with Crippen LogP contribution in [0.25, 0.3) is 0 Å². The van der Waals surface area contributed by atoms with Crippen molar-refractivity contribution in [3.8, 4) is 0 Å². The molecule has 0 bridgehead atoms. The highest BCUT2D eigenvalue weighted by molar-refractivity contribution is 5.69. The number of anilines is 2. The average molecular weight is 190 g/mol. The van der Waals surface area contributed by atoms with Crippen LogP contribution in [-0.4, -0.2) is 0 Å². The molecule has 0 aromatic heterocycles. The molecule has 0 saturated heterocycles. The molecule has 0 spiro atoms. The Balaban J connectivity index is 3.35. The highest BCUT2D eigenvalue weighted by Gasteiger charge is 2.33. The van der Waals surface area contributed by atoms with Crippen LogP contribution in [0.2, 0.25) is 0 Å². The van der Waals surface area contributed by atoms with Crippen molar-refractivity contribution in [2.75, 3.05) is 11.5 Å². The monoisotopic (exact) mass is 190 g/mol. The summed E-state index contributed by atoms with van der Waals surface area (Å²) in [5, 5.41) is 0. The molecule has 1 rings (SSSR count). The molecule has 1 aromatic rings. The van der Waals surface area contributed by atoms with E-state index in [1.807, 2.05) is 0 Å². The summed E-state index contributed by atoms with van der Waals surface area (Å²) in [6.07, 6.45) is -4.37. The van der Waals surface area contributed by atoms with E-state index in [1.165, 1.54) is 6.92 Å². The highest BCUT2D eigenvalue weighted by atomic mass is 19.4. The fourth-order valence-electron chi connectivity index (χ4n) is 1.06. The van der Waals surface area contributed by atoms with E-state index >= 15 is 0 Å². The molecule has 0 aliphatic carbocycles. The maximum Gasteiger partial charge on any atom is 0.416 e. The topological polar surface area (TPSA) is 52.0 Å². The molecule has 1 aromatic carbocycles. The second-order valence-electron chi connectivity index (χ2n) is 2.74. The minimum Gasteiger partial charge on any atom is -0.397 e. The Bertz CT molecular complexity index is 331. The number of hydrogen-bond acceptors (Lipinski definition) is 2. The zero-order valence-corrected chi connectivity index (χ0v) is 6.94. The van der Waals surface area contributed by atoms with Gasteiger partial charge in [0.25, 0.3) is 0 Å². The van der Waals surface area contributed by atoms with Gasteiger partial charge in [0.2, 0.25) is 0 Å². The summed E-state index contributed by atoms with van der Waals surface area (Å²) in [4.78, 5) is 0. The third-order valence-electron chi connectivity index (χ3n) is 1.85. The van der Waals surface area contributed by atoms with E-state index < -0.39 is 11.7 Å². The molecule has 2 nitrogen and oxygen atoms in total. The third-order valence-corrected chi connectivity index (χ3v) is 1.85. The molecule has 0 atom stereocenters. The van der Waals surface area contributed by atoms with E-state index in [0.717, 1.165) is 12.1 Å². The van der Waals surface area contributed by atoms with E-state index in [-0.39, 0.29) is 16.9 Å². The van der Waals surface area contributed by atoms with Crippen LogP contribution in [0.5, 0.6) is 0 Å². The van der Waals surface area contributed by atoms with Gasteiger partial charge in [0, 0.05) is 0 Å². The smallest absolute Gasteiger partial charge is 0.397 e. The van der Waals surface area contributed by atoms with Crippen LogP contribution in [0.15, 0.2) is 12.1 Å². The van der Waals surface area contributed by atoms with Crippen LogP contribution in [-0.2, 0) is 6.18 Å². The molecular formula is C8H9F3N2. The van der Waals surface area contributed by atoms with Gasteiger partial charge in [-0.1, -0.05) is 0 Å². The summed E-state index contributed by atoms with van der Waals surface area (Å²) in [5.41, 5.74) is 10.1. The van der Waals surface area contributed by atoms with Gasteiger partial charge in [-0.05, 0) is 24.6 Å². The second kappa shape index (κ2) is 2.83. The lowest BCUT2D eigenvalue weighted by Crippen LogP contribution is -2.10. The van der Waals surface area contributed by atoms with Gasteiger partial charge in [-0.25, -0.2) is 0 Å². The minimum absolute atomic E-state index is 0.00479. The zero-order valence-electron chi connectivity index (χ0n) is 6.94. The first-order valence-corrected chi connectivity index (χ1v) is 3.55. The predicted molar refractivity (Wildman–Crippen MR) is 45.0 cm³/mol. The van der Waals surface area contributed by atoms with Crippen LogP contribution in [0.3, 0.4) is 0 Å². The van der Waals surface area contributed by atoms with Crippen molar-refractivity contribution < 1.29 is 13.2 Å². The summed E-state index contributed by atoms with van der Waals surface area (Å²) in [6, 6.07) is 2.09. The number of halogens is 3. The lowest BCUT2D eigenvalue weighted by Gasteiger charge is -2.12. The van der Waals surface area contributed by atoms with Crippen LogP contribution in [0.1, 0.15) is 11.1 Å². The maximum absolute atomic E-state index is 12.3. The van der Waals surface area contributed by atoms with Crippen molar-refractivity contribution >= 4 is 11.4 Å². The molecule has 0 radical (unpaired) electrons. The second-order valence-corrected chi connectivity index (χ2v) is 2.74. The molecule has 0 amide bonds. The summed E-state index contributed by atoms with van der Waals surface area (Å²) >= 11 is 0. The van der Waals surface area contributed by atoms with E-state index in [4.69, 9.17) is 11.5 Å². The molecule has 0 aliphatic rings. The molecular weight excluding hydrogens is 181 g/mol. The van der Waals surface area contributed by atoms with E-state index in [2.05, 4.69) is 0 Å². The fourth-order valence-corrected chi connectivity index (χ4v) is 1.06. The average Bonchev–Trinajstić information content (AvgIpc) is 1.98. The lowest BCUT2D eigenvalue weighted by molar-refractivity contribution is -0.138. The Morgan fingerprint density at radius 2 is 1.69 bits per heavy atom. The normalized spacial score (nSPS) is 11.7. The van der Waals surface area contributed by atoms with E-state index in [1.54, 1.807) is 0 Å². The van der Waals surface area contributed by atoms with Gasteiger partial charge in [0.05, 0.1) is 16.9 Å². The van der Waals surface area contributed by atoms with E-state index in [9.17, 15) is 13.2 Å². The van der Waals surface area contributed by atoms with Gasteiger partial charge in [-0.15, -0.1) is 0 Å². The van der Waals surface area contributed by atoms with Crippen molar-refractivity contribution in [1.82, 2.24) is 0 Å². The SMILES string of the molecule is Cc1c(C(F)(F)F)ccc(N)c1N. The van der Waals surface area contributed by atoms with Crippen LogP contribution in [0, 0.1) is 6.92 Å². The number of alkyl halides is 3. The molecule has 0 fully saturated rings. The largest absolute Gasteiger partial charge is 0.416 e. The van der Waals surface area contributed by atoms with Crippen LogP contribution in [0.4, 0.5) is 24.5 Å². The van der Waals surface area contributed by atoms with Crippen molar-refractivity contribution in [3.05, 3.63) is 23.3 Å². The zero-order chi connectivity index (χ0) is 10.2. The fraction of sp³-hybridized carbons (Fsp3) is 0.250. The number of nitrogen functional groups attached to an aromatic ring is 2.